The molecule has 0 fully saturated rings. The van der Waals surface area contributed by atoms with Crippen molar-refractivity contribution in [1.29, 1.82) is 0 Å². The van der Waals surface area contributed by atoms with Gasteiger partial charge < -0.3 is 5.32 Å². The molecule has 0 bridgehead atoms. The van der Waals surface area contributed by atoms with Crippen LogP contribution in [0, 0.1) is 6.92 Å². The molecule has 0 heterocycles. The second-order valence-electron chi connectivity index (χ2n) is 2.57. The SMILES string of the molecule is Bc1ccc(C)c(NC)c1. The molecule has 0 saturated heterocycles. The molecule has 0 aliphatic heterocycles. The quantitative estimate of drug-likeness (QED) is 0.543. The largest absolute Gasteiger partial charge is 0.388 e. The Hall–Kier alpha value is -0.915. The van der Waals surface area contributed by atoms with Gasteiger partial charge in [-0.3, -0.25) is 0 Å². The second-order valence-corrected chi connectivity index (χ2v) is 2.57. The third-order valence-electron chi connectivity index (χ3n) is 1.66. The Morgan fingerprint density at radius 2 is 2.10 bits per heavy atom. The number of hydrogen-bond donors (Lipinski definition) is 1. The van der Waals surface area contributed by atoms with Crippen molar-refractivity contribution in [3.63, 3.8) is 0 Å². The maximum absolute atomic E-state index is 3.14. The number of nitrogens with one attached hydrogen (secondary N) is 1. The standard InChI is InChI=1S/C8H12BN/c1-6-3-4-7(9)5-8(6)10-2/h3-5,10H,9H2,1-2H3. The summed E-state index contributed by atoms with van der Waals surface area (Å²) in [5.74, 6) is 0. The van der Waals surface area contributed by atoms with Gasteiger partial charge in [0.25, 0.3) is 0 Å². The van der Waals surface area contributed by atoms with Gasteiger partial charge in [-0.15, -0.1) is 0 Å². The highest BCUT2D eigenvalue weighted by atomic mass is 14.8. The molecule has 0 radical (unpaired) electrons. The Labute approximate surface area is 62.9 Å². The summed E-state index contributed by atoms with van der Waals surface area (Å²) in [7, 11) is 4.04. The van der Waals surface area contributed by atoms with Crippen molar-refractivity contribution in [2.45, 2.75) is 6.92 Å². The fraction of sp³-hybridized carbons (Fsp3) is 0.250. The Bertz CT molecular complexity index is 233. The lowest BCUT2D eigenvalue weighted by Gasteiger charge is -2.04. The van der Waals surface area contributed by atoms with Gasteiger partial charge in [-0.2, -0.15) is 0 Å². The first-order valence-electron chi connectivity index (χ1n) is 3.49. The van der Waals surface area contributed by atoms with Gasteiger partial charge >= 0.3 is 0 Å². The molecule has 1 rings (SSSR count). The summed E-state index contributed by atoms with van der Waals surface area (Å²) in [6.07, 6.45) is 0. The van der Waals surface area contributed by atoms with E-state index in [9.17, 15) is 0 Å². The normalized spacial score (nSPS) is 9.40. The topological polar surface area (TPSA) is 12.0 Å². The summed E-state index contributed by atoms with van der Waals surface area (Å²) >= 11 is 0. The molecule has 1 aromatic carbocycles. The van der Waals surface area contributed by atoms with E-state index in [0.717, 1.165) is 0 Å². The fourth-order valence-electron chi connectivity index (χ4n) is 1.01. The van der Waals surface area contributed by atoms with Gasteiger partial charge in [0.15, 0.2) is 0 Å². The van der Waals surface area contributed by atoms with Crippen LogP contribution in [0.5, 0.6) is 0 Å². The second kappa shape index (κ2) is 2.78. The van der Waals surface area contributed by atoms with E-state index in [0.29, 0.717) is 0 Å². The number of hydrogen-bond acceptors (Lipinski definition) is 1. The van der Waals surface area contributed by atoms with Crippen LogP contribution in [-0.2, 0) is 0 Å². The minimum atomic E-state index is 1.22. The monoisotopic (exact) mass is 133 g/mol. The average molecular weight is 133 g/mol. The van der Waals surface area contributed by atoms with E-state index in [-0.39, 0.29) is 0 Å². The van der Waals surface area contributed by atoms with Gasteiger partial charge in [0.2, 0.25) is 0 Å². The minimum Gasteiger partial charge on any atom is -0.388 e. The third kappa shape index (κ3) is 1.32. The van der Waals surface area contributed by atoms with Gasteiger partial charge in [-0.25, -0.2) is 0 Å². The van der Waals surface area contributed by atoms with E-state index in [1.54, 1.807) is 0 Å². The van der Waals surface area contributed by atoms with Crippen LogP contribution in [-0.4, -0.2) is 14.9 Å². The minimum absolute atomic E-state index is 1.22. The molecule has 0 spiro atoms. The molecule has 2 heteroatoms. The van der Waals surface area contributed by atoms with Gasteiger partial charge in [-0.05, 0) is 18.6 Å². The Morgan fingerprint density at radius 1 is 1.40 bits per heavy atom. The summed E-state index contributed by atoms with van der Waals surface area (Å²) in [5.41, 5.74) is 3.82. The van der Waals surface area contributed by atoms with Crippen LogP contribution >= 0.6 is 0 Å². The van der Waals surface area contributed by atoms with Crippen LogP contribution in [0.1, 0.15) is 5.56 Å². The molecule has 0 amide bonds. The third-order valence-corrected chi connectivity index (χ3v) is 1.66. The summed E-state index contributed by atoms with van der Waals surface area (Å²) in [6, 6.07) is 6.40. The summed E-state index contributed by atoms with van der Waals surface area (Å²) in [4.78, 5) is 0. The van der Waals surface area contributed by atoms with Crippen LogP contribution in [0.3, 0.4) is 0 Å². The first-order valence-corrected chi connectivity index (χ1v) is 3.49. The summed E-state index contributed by atoms with van der Waals surface area (Å²) < 4.78 is 0. The number of aryl methyl sites for hydroxylation is 1. The van der Waals surface area contributed by atoms with E-state index in [1.807, 2.05) is 7.05 Å². The Morgan fingerprint density at radius 3 is 2.60 bits per heavy atom. The molecular formula is C8H12BN. The number of rotatable bonds is 1. The molecule has 0 unspecified atom stereocenters. The van der Waals surface area contributed by atoms with Crippen molar-refractivity contribution < 1.29 is 0 Å². The highest BCUT2D eigenvalue weighted by molar-refractivity contribution is 6.32. The molecule has 0 atom stereocenters. The molecule has 1 N–H and O–H groups in total. The predicted molar refractivity (Wildman–Crippen MR) is 48.9 cm³/mol. The number of benzene rings is 1. The van der Waals surface area contributed by atoms with Crippen LogP contribution in [0.15, 0.2) is 18.2 Å². The zero-order valence-corrected chi connectivity index (χ0v) is 6.73. The van der Waals surface area contributed by atoms with Gasteiger partial charge in [0.05, 0.1) is 0 Å². The van der Waals surface area contributed by atoms with E-state index >= 15 is 0 Å². The van der Waals surface area contributed by atoms with Crippen LogP contribution in [0.2, 0.25) is 0 Å². The van der Waals surface area contributed by atoms with E-state index in [2.05, 4.69) is 38.3 Å². The summed E-state index contributed by atoms with van der Waals surface area (Å²) in [5, 5.41) is 3.14. The van der Waals surface area contributed by atoms with E-state index in [1.165, 1.54) is 16.7 Å². The van der Waals surface area contributed by atoms with Crippen molar-refractivity contribution in [2.75, 3.05) is 12.4 Å². The molecule has 0 aromatic heterocycles. The highest BCUT2D eigenvalue weighted by Gasteiger charge is 1.92. The van der Waals surface area contributed by atoms with Crippen molar-refractivity contribution in [3.8, 4) is 0 Å². The molecule has 0 saturated carbocycles. The predicted octanol–water partition coefficient (Wildman–Crippen LogP) is 0.295. The molecule has 10 heavy (non-hydrogen) atoms. The summed E-state index contributed by atoms with van der Waals surface area (Å²) in [6.45, 7) is 2.10. The molecule has 1 nitrogen and oxygen atoms in total. The van der Waals surface area contributed by atoms with Crippen molar-refractivity contribution in [1.82, 2.24) is 0 Å². The van der Waals surface area contributed by atoms with E-state index < -0.39 is 0 Å². The molecule has 52 valence electrons. The average Bonchev–Trinajstić information content (AvgIpc) is 1.94. The molecular weight excluding hydrogens is 121 g/mol. The zero-order valence-electron chi connectivity index (χ0n) is 6.73. The van der Waals surface area contributed by atoms with Gasteiger partial charge in [-0.1, -0.05) is 17.6 Å². The van der Waals surface area contributed by atoms with Crippen LogP contribution in [0.25, 0.3) is 0 Å². The maximum Gasteiger partial charge on any atom is 0.139 e. The molecule has 1 aromatic rings. The van der Waals surface area contributed by atoms with Crippen molar-refractivity contribution >= 4 is 19.0 Å². The molecule has 0 aliphatic rings. The fourth-order valence-corrected chi connectivity index (χ4v) is 1.01. The maximum atomic E-state index is 3.14. The lowest BCUT2D eigenvalue weighted by molar-refractivity contribution is 1.42. The van der Waals surface area contributed by atoms with Gasteiger partial charge in [0, 0.05) is 12.7 Å². The lowest BCUT2D eigenvalue weighted by atomic mass is 9.94. The molecule has 0 aliphatic carbocycles. The number of anilines is 1. The smallest absolute Gasteiger partial charge is 0.139 e. The Balaban J connectivity index is 3.09. The zero-order chi connectivity index (χ0) is 7.56. The van der Waals surface area contributed by atoms with Crippen LogP contribution in [0.4, 0.5) is 5.69 Å². The highest BCUT2D eigenvalue weighted by Crippen LogP contribution is 2.09. The lowest BCUT2D eigenvalue weighted by Crippen LogP contribution is -2.04. The Kier molecular flexibility index (Phi) is 2.00. The first-order chi connectivity index (χ1) is 4.74. The van der Waals surface area contributed by atoms with Crippen molar-refractivity contribution in [3.05, 3.63) is 23.8 Å². The van der Waals surface area contributed by atoms with E-state index in [4.69, 9.17) is 0 Å². The first kappa shape index (κ1) is 7.20. The van der Waals surface area contributed by atoms with Crippen molar-refractivity contribution in [2.24, 2.45) is 0 Å². The van der Waals surface area contributed by atoms with Crippen LogP contribution < -0.4 is 10.8 Å². The van der Waals surface area contributed by atoms with Gasteiger partial charge in [0.1, 0.15) is 7.85 Å².